The molecule has 4 rings (SSSR count). The molecular formula is C25H24F2N4O3. The van der Waals surface area contributed by atoms with Gasteiger partial charge in [-0.2, -0.15) is 5.10 Å². The Bertz CT molecular complexity index is 1380. The number of benzene rings is 2. The van der Waals surface area contributed by atoms with E-state index in [-0.39, 0.29) is 11.3 Å². The topological polar surface area (TPSA) is 77.8 Å². The lowest BCUT2D eigenvalue weighted by atomic mass is 10.1. The van der Waals surface area contributed by atoms with Crippen LogP contribution < -0.4 is 14.8 Å². The molecule has 0 aliphatic heterocycles. The molecule has 1 amide bonds. The quantitative estimate of drug-likeness (QED) is 0.398. The fraction of sp³-hybridized carbons (Fsp3) is 0.240. The standard InChI is InChI=1S/C25H24F2N4O3/c1-5-33-21-10-7-16(11-22(21)34-6-2)23-14(3)30-31-15(4)18(13-28-24(23)31)25(32)29-20-12-17(26)8-9-19(20)27/h7-13H,5-6H2,1-4H3,(H,29,32). The highest BCUT2D eigenvalue weighted by Crippen LogP contribution is 2.36. The summed E-state index contributed by atoms with van der Waals surface area (Å²) < 4.78 is 40.4. The van der Waals surface area contributed by atoms with Gasteiger partial charge in [0.05, 0.1) is 35.9 Å². The van der Waals surface area contributed by atoms with Gasteiger partial charge in [0.25, 0.3) is 5.91 Å². The van der Waals surface area contributed by atoms with E-state index in [1.807, 2.05) is 39.0 Å². The second-order valence-electron chi connectivity index (χ2n) is 7.56. The molecule has 0 saturated carbocycles. The van der Waals surface area contributed by atoms with Crippen molar-refractivity contribution < 1.29 is 23.0 Å². The van der Waals surface area contributed by atoms with E-state index in [9.17, 15) is 13.6 Å². The number of amides is 1. The zero-order valence-corrected chi connectivity index (χ0v) is 19.3. The van der Waals surface area contributed by atoms with Crippen molar-refractivity contribution in [2.24, 2.45) is 0 Å². The van der Waals surface area contributed by atoms with Crippen molar-refractivity contribution in [1.82, 2.24) is 14.6 Å². The predicted octanol–water partition coefficient (Wildman–Crippen LogP) is 5.34. The van der Waals surface area contributed by atoms with Crippen LogP contribution in [0, 0.1) is 25.5 Å². The first-order valence-corrected chi connectivity index (χ1v) is 10.8. The van der Waals surface area contributed by atoms with E-state index in [0.29, 0.717) is 41.7 Å². The fourth-order valence-electron chi connectivity index (χ4n) is 3.75. The van der Waals surface area contributed by atoms with Gasteiger partial charge in [-0.05, 0) is 57.5 Å². The molecule has 0 spiro atoms. The lowest BCUT2D eigenvalue weighted by Gasteiger charge is -2.12. The van der Waals surface area contributed by atoms with E-state index in [0.717, 1.165) is 29.3 Å². The highest BCUT2D eigenvalue weighted by molar-refractivity contribution is 6.05. The molecule has 0 aliphatic rings. The summed E-state index contributed by atoms with van der Waals surface area (Å²) in [6.45, 7) is 8.37. The molecule has 176 valence electrons. The molecule has 7 nitrogen and oxygen atoms in total. The molecule has 0 atom stereocenters. The highest BCUT2D eigenvalue weighted by Gasteiger charge is 2.21. The average Bonchev–Trinajstić information content (AvgIpc) is 3.15. The van der Waals surface area contributed by atoms with Gasteiger partial charge in [0.15, 0.2) is 17.1 Å². The number of rotatable bonds is 7. The number of hydrogen-bond acceptors (Lipinski definition) is 5. The first kappa shape index (κ1) is 23.2. The van der Waals surface area contributed by atoms with Crippen molar-refractivity contribution in [3.63, 3.8) is 0 Å². The molecule has 0 radical (unpaired) electrons. The molecule has 4 aromatic rings. The second-order valence-corrected chi connectivity index (χ2v) is 7.56. The maximum atomic E-state index is 14.0. The van der Waals surface area contributed by atoms with Crippen LogP contribution in [0.25, 0.3) is 16.8 Å². The molecule has 0 bridgehead atoms. The summed E-state index contributed by atoms with van der Waals surface area (Å²) in [5.74, 6) is -0.749. The smallest absolute Gasteiger partial charge is 0.259 e. The molecular weight excluding hydrogens is 442 g/mol. The van der Waals surface area contributed by atoms with E-state index in [1.54, 1.807) is 11.4 Å². The van der Waals surface area contributed by atoms with Crippen molar-refractivity contribution in [3.05, 3.63) is 71.2 Å². The number of nitrogens with zero attached hydrogens (tertiary/aromatic N) is 3. The monoisotopic (exact) mass is 466 g/mol. The first-order valence-electron chi connectivity index (χ1n) is 10.8. The van der Waals surface area contributed by atoms with Crippen LogP contribution in [0.2, 0.25) is 0 Å². The van der Waals surface area contributed by atoms with Gasteiger partial charge in [-0.1, -0.05) is 6.07 Å². The summed E-state index contributed by atoms with van der Waals surface area (Å²) in [7, 11) is 0. The van der Waals surface area contributed by atoms with Gasteiger partial charge in [0, 0.05) is 17.8 Å². The van der Waals surface area contributed by atoms with Crippen LogP contribution in [0.4, 0.5) is 14.5 Å². The Morgan fingerprint density at radius 1 is 1.03 bits per heavy atom. The third-order valence-electron chi connectivity index (χ3n) is 5.31. The van der Waals surface area contributed by atoms with Crippen LogP contribution in [-0.2, 0) is 0 Å². The molecule has 1 N–H and O–H groups in total. The first-order chi connectivity index (χ1) is 16.3. The van der Waals surface area contributed by atoms with Gasteiger partial charge in [0.1, 0.15) is 11.6 Å². The van der Waals surface area contributed by atoms with Gasteiger partial charge < -0.3 is 14.8 Å². The molecule has 0 fully saturated rings. The van der Waals surface area contributed by atoms with Crippen LogP contribution in [0.3, 0.4) is 0 Å². The van der Waals surface area contributed by atoms with Gasteiger partial charge in [-0.3, -0.25) is 4.79 Å². The molecule has 0 aliphatic carbocycles. The summed E-state index contributed by atoms with van der Waals surface area (Å²) >= 11 is 0. The van der Waals surface area contributed by atoms with E-state index >= 15 is 0 Å². The molecule has 2 aromatic carbocycles. The normalized spacial score (nSPS) is 11.0. The van der Waals surface area contributed by atoms with Gasteiger partial charge in [-0.25, -0.2) is 18.3 Å². The van der Waals surface area contributed by atoms with E-state index in [2.05, 4.69) is 15.4 Å². The van der Waals surface area contributed by atoms with Gasteiger partial charge in [-0.15, -0.1) is 0 Å². The summed E-state index contributed by atoms with van der Waals surface area (Å²) in [5, 5.41) is 6.97. The molecule has 0 unspecified atom stereocenters. The second kappa shape index (κ2) is 9.46. The third-order valence-corrected chi connectivity index (χ3v) is 5.31. The van der Waals surface area contributed by atoms with Crippen molar-refractivity contribution in [2.45, 2.75) is 27.7 Å². The summed E-state index contributed by atoms with van der Waals surface area (Å²) in [6, 6.07) is 8.48. The van der Waals surface area contributed by atoms with Crippen LogP contribution in [-0.4, -0.2) is 33.7 Å². The number of ether oxygens (including phenoxy) is 2. The third kappa shape index (κ3) is 4.28. The van der Waals surface area contributed by atoms with E-state index in [4.69, 9.17) is 9.47 Å². The number of aromatic nitrogens is 3. The van der Waals surface area contributed by atoms with Crippen LogP contribution in [0.15, 0.2) is 42.6 Å². The summed E-state index contributed by atoms with van der Waals surface area (Å²) in [4.78, 5) is 17.3. The lowest BCUT2D eigenvalue weighted by molar-refractivity contribution is 0.102. The number of fused-ring (bicyclic) bond motifs is 1. The Labute approximate surface area is 195 Å². The van der Waals surface area contributed by atoms with Crippen LogP contribution in [0.1, 0.15) is 35.6 Å². The number of aryl methyl sites for hydroxylation is 2. The minimum atomic E-state index is -0.737. The molecule has 2 aromatic heterocycles. The Hall–Kier alpha value is -4.01. The minimum Gasteiger partial charge on any atom is -0.490 e. The largest absolute Gasteiger partial charge is 0.490 e. The van der Waals surface area contributed by atoms with E-state index in [1.165, 1.54) is 6.20 Å². The SMILES string of the molecule is CCOc1ccc(-c2c(C)nn3c(C)c(C(=O)Nc4cc(F)ccc4F)cnc23)cc1OCC. The molecule has 0 saturated heterocycles. The summed E-state index contributed by atoms with van der Waals surface area (Å²) in [6.07, 6.45) is 1.40. The maximum Gasteiger partial charge on any atom is 0.259 e. The zero-order chi connectivity index (χ0) is 24.4. The Morgan fingerprint density at radius 2 is 1.76 bits per heavy atom. The number of carbonyl (C=O) groups excluding carboxylic acids is 1. The average molecular weight is 466 g/mol. The lowest BCUT2D eigenvalue weighted by Crippen LogP contribution is -2.17. The van der Waals surface area contributed by atoms with Crippen molar-refractivity contribution in [3.8, 4) is 22.6 Å². The minimum absolute atomic E-state index is 0.187. The van der Waals surface area contributed by atoms with Crippen LogP contribution in [0.5, 0.6) is 11.5 Å². The van der Waals surface area contributed by atoms with Gasteiger partial charge >= 0.3 is 0 Å². The number of anilines is 1. The Balaban J connectivity index is 1.74. The highest BCUT2D eigenvalue weighted by atomic mass is 19.1. The zero-order valence-electron chi connectivity index (χ0n) is 19.3. The predicted molar refractivity (Wildman–Crippen MR) is 125 cm³/mol. The Morgan fingerprint density at radius 3 is 2.50 bits per heavy atom. The van der Waals surface area contributed by atoms with E-state index < -0.39 is 17.5 Å². The van der Waals surface area contributed by atoms with Crippen molar-refractivity contribution in [2.75, 3.05) is 18.5 Å². The summed E-state index contributed by atoms with van der Waals surface area (Å²) in [5.41, 5.74) is 3.32. The molecule has 2 heterocycles. The number of carbonyl (C=O) groups is 1. The molecule has 34 heavy (non-hydrogen) atoms. The van der Waals surface area contributed by atoms with Gasteiger partial charge in [0.2, 0.25) is 0 Å². The molecule has 9 heteroatoms. The number of hydrogen-bond donors (Lipinski definition) is 1. The van der Waals surface area contributed by atoms with Crippen LogP contribution >= 0.6 is 0 Å². The number of nitrogens with one attached hydrogen (secondary N) is 1. The maximum absolute atomic E-state index is 14.0. The fourth-order valence-corrected chi connectivity index (χ4v) is 3.75. The van der Waals surface area contributed by atoms with Crippen molar-refractivity contribution >= 4 is 17.2 Å². The Kier molecular flexibility index (Phi) is 6.45. The number of halogens is 2. The van der Waals surface area contributed by atoms with Crippen molar-refractivity contribution in [1.29, 1.82) is 0 Å².